The van der Waals surface area contributed by atoms with Crippen LogP contribution in [-0.2, 0) is 0 Å². The summed E-state index contributed by atoms with van der Waals surface area (Å²) in [6.45, 7) is 0. The second-order valence-electron chi connectivity index (χ2n) is 17.3. The standard InChI is InChI=1S/C62H42N2SSi/c1-4-21-47(22-5-1)63(50-35-37-55-54-27-14-15-29-58(54)65-59(55)41-50)51-36-38-56-61(42-51)66(52-23-6-2-7-24-52,53-25-8-3-9-26-53)60-30-16-28-57(62(56)60)64(48-33-31-43-17-10-12-19-45(43)39-48)49-34-32-44-18-11-13-20-46(44)40-49/h1-42H. The molecule has 2 heterocycles. The predicted octanol–water partition coefficient (Wildman–Crippen LogP) is 14.7. The molecule has 1 aliphatic heterocycles. The molecule has 0 saturated heterocycles. The molecule has 0 aliphatic carbocycles. The number of para-hydroxylation sites is 1. The Morgan fingerprint density at radius 2 is 0.818 bits per heavy atom. The quantitative estimate of drug-likeness (QED) is 0.140. The molecule has 1 aromatic heterocycles. The summed E-state index contributed by atoms with van der Waals surface area (Å²) < 4.78 is 2.59. The Morgan fingerprint density at radius 3 is 1.48 bits per heavy atom. The van der Waals surface area contributed by atoms with Crippen LogP contribution >= 0.6 is 11.3 Å². The van der Waals surface area contributed by atoms with Crippen LogP contribution in [0.2, 0.25) is 0 Å². The second-order valence-corrected chi connectivity index (χ2v) is 22.1. The SMILES string of the molecule is c1ccc(N(c2ccc3c(c2)[Si](c2ccccc2)(c2ccccc2)c2cccc(N(c4ccc5ccccc5c4)c4ccc5ccccc5c4)c2-3)c2ccc3c(c2)sc2ccccc23)cc1. The van der Waals surface area contributed by atoms with Crippen LogP contribution in [0.3, 0.4) is 0 Å². The first kappa shape index (κ1) is 38.4. The molecule has 0 fully saturated rings. The highest BCUT2D eigenvalue weighted by Gasteiger charge is 2.50. The Hall–Kier alpha value is -8.02. The number of benzene rings is 11. The van der Waals surface area contributed by atoms with Gasteiger partial charge in [-0.3, -0.25) is 0 Å². The first-order chi connectivity index (χ1) is 32.7. The summed E-state index contributed by atoms with van der Waals surface area (Å²) in [7, 11) is -2.99. The highest BCUT2D eigenvalue weighted by Crippen LogP contribution is 2.46. The van der Waals surface area contributed by atoms with Crippen molar-refractivity contribution in [3.63, 3.8) is 0 Å². The first-order valence-electron chi connectivity index (χ1n) is 22.7. The Labute approximate surface area is 389 Å². The molecule has 0 spiro atoms. The largest absolute Gasteiger partial charge is 0.310 e. The monoisotopic (exact) mass is 874 g/mol. The summed E-state index contributed by atoms with van der Waals surface area (Å²) in [5.74, 6) is 0. The lowest BCUT2D eigenvalue weighted by atomic mass is 10.00. The summed E-state index contributed by atoms with van der Waals surface area (Å²) in [4.78, 5) is 4.96. The molecule has 2 nitrogen and oxygen atoms in total. The molecule has 0 atom stereocenters. The van der Waals surface area contributed by atoms with Crippen molar-refractivity contribution in [2.24, 2.45) is 0 Å². The summed E-state index contributed by atoms with van der Waals surface area (Å²) >= 11 is 1.87. The van der Waals surface area contributed by atoms with Gasteiger partial charge in [0.05, 0.1) is 5.69 Å². The van der Waals surface area contributed by atoms with Crippen LogP contribution in [0.4, 0.5) is 34.1 Å². The van der Waals surface area contributed by atoms with Gasteiger partial charge in [-0.15, -0.1) is 11.3 Å². The average molecular weight is 875 g/mol. The lowest BCUT2D eigenvalue weighted by molar-refractivity contribution is 1.29. The number of fused-ring (bicyclic) bond motifs is 8. The summed E-state index contributed by atoms with van der Waals surface area (Å²) in [5.41, 5.74) is 9.40. The van der Waals surface area contributed by atoms with Crippen LogP contribution in [0.15, 0.2) is 255 Å². The molecule has 1 aliphatic rings. The van der Waals surface area contributed by atoms with Gasteiger partial charge < -0.3 is 9.80 Å². The van der Waals surface area contributed by atoms with Gasteiger partial charge in [0.15, 0.2) is 8.07 Å². The zero-order valence-corrected chi connectivity index (χ0v) is 37.9. The number of nitrogens with zero attached hydrogens (tertiary/aromatic N) is 2. The van der Waals surface area contributed by atoms with Crippen molar-refractivity contribution < 1.29 is 0 Å². The molecule has 4 heteroatoms. The first-order valence-corrected chi connectivity index (χ1v) is 25.5. The summed E-state index contributed by atoms with van der Waals surface area (Å²) in [6.07, 6.45) is 0. The van der Waals surface area contributed by atoms with Crippen molar-refractivity contribution in [2.75, 3.05) is 9.80 Å². The van der Waals surface area contributed by atoms with E-state index in [1.54, 1.807) is 0 Å². The van der Waals surface area contributed by atoms with E-state index in [-0.39, 0.29) is 0 Å². The van der Waals surface area contributed by atoms with Crippen molar-refractivity contribution >= 4 is 116 Å². The van der Waals surface area contributed by atoms with Crippen LogP contribution in [-0.4, -0.2) is 8.07 Å². The fraction of sp³-hybridized carbons (Fsp3) is 0. The Balaban J connectivity index is 1.10. The minimum absolute atomic E-state index is 1.12. The molecule has 0 N–H and O–H groups in total. The molecule has 0 unspecified atom stereocenters. The predicted molar refractivity (Wildman–Crippen MR) is 286 cm³/mol. The van der Waals surface area contributed by atoms with Crippen molar-refractivity contribution in [1.82, 2.24) is 0 Å². The maximum absolute atomic E-state index is 2.99. The highest BCUT2D eigenvalue weighted by atomic mass is 32.1. The topological polar surface area (TPSA) is 6.48 Å². The molecule has 0 bridgehead atoms. The molecule has 11 aromatic carbocycles. The van der Waals surface area contributed by atoms with Crippen molar-refractivity contribution in [1.29, 1.82) is 0 Å². The normalized spacial score (nSPS) is 12.7. The molecular formula is C62H42N2SSi. The van der Waals surface area contributed by atoms with Gasteiger partial charge in [-0.2, -0.15) is 0 Å². The van der Waals surface area contributed by atoms with Crippen LogP contribution in [0.25, 0.3) is 52.8 Å². The van der Waals surface area contributed by atoms with Gasteiger partial charge in [-0.05, 0) is 121 Å². The maximum atomic E-state index is 2.55. The number of anilines is 6. The lowest BCUT2D eigenvalue weighted by Crippen LogP contribution is -2.72. The number of hydrogen-bond donors (Lipinski definition) is 0. The minimum Gasteiger partial charge on any atom is -0.310 e. The zero-order chi connectivity index (χ0) is 43.6. The van der Waals surface area contributed by atoms with Crippen LogP contribution in [0, 0.1) is 0 Å². The molecule has 310 valence electrons. The van der Waals surface area contributed by atoms with E-state index in [4.69, 9.17) is 0 Å². The molecule has 0 saturated carbocycles. The number of hydrogen-bond acceptors (Lipinski definition) is 3. The van der Waals surface area contributed by atoms with Gasteiger partial charge in [-0.25, -0.2) is 0 Å². The average Bonchev–Trinajstić information content (AvgIpc) is 3.91. The fourth-order valence-electron chi connectivity index (χ4n) is 10.8. The maximum Gasteiger partial charge on any atom is 0.181 e. The second kappa shape index (κ2) is 15.6. The third kappa shape index (κ3) is 6.07. The Kier molecular flexibility index (Phi) is 9.09. The molecular weight excluding hydrogens is 833 g/mol. The molecule has 0 radical (unpaired) electrons. The van der Waals surface area contributed by atoms with Crippen LogP contribution in [0.5, 0.6) is 0 Å². The summed E-state index contributed by atoms with van der Waals surface area (Å²) in [5, 5.41) is 13.0. The van der Waals surface area contributed by atoms with Crippen molar-refractivity contribution in [2.45, 2.75) is 0 Å². The molecule has 12 aromatic rings. The molecule has 66 heavy (non-hydrogen) atoms. The van der Waals surface area contributed by atoms with Gasteiger partial charge in [0.1, 0.15) is 0 Å². The van der Waals surface area contributed by atoms with E-state index in [1.807, 2.05) is 11.3 Å². The van der Waals surface area contributed by atoms with E-state index in [1.165, 1.54) is 79.3 Å². The van der Waals surface area contributed by atoms with Gasteiger partial charge in [0.25, 0.3) is 0 Å². The van der Waals surface area contributed by atoms with Crippen molar-refractivity contribution in [3.05, 3.63) is 255 Å². The van der Waals surface area contributed by atoms with Gasteiger partial charge in [0.2, 0.25) is 0 Å². The zero-order valence-electron chi connectivity index (χ0n) is 36.1. The van der Waals surface area contributed by atoms with Gasteiger partial charge in [0, 0.05) is 54.2 Å². The van der Waals surface area contributed by atoms with Gasteiger partial charge in [-0.1, -0.05) is 182 Å². The molecule has 13 rings (SSSR count). The Morgan fingerprint density at radius 1 is 0.303 bits per heavy atom. The van der Waals surface area contributed by atoms with E-state index in [9.17, 15) is 0 Å². The van der Waals surface area contributed by atoms with E-state index >= 15 is 0 Å². The fourth-order valence-corrected chi connectivity index (χ4v) is 17.1. The van der Waals surface area contributed by atoms with E-state index < -0.39 is 8.07 Å². The third-order valence-corrected chi connectivity index (χ3v) is 19.6. The van der Waals surface area contributed by atoms with E-state index in [0.29, 0.717) is 0 Å². The number of rotatable bonds is 8. The van der Waals surface area contributed by atoms with Crippen molar-refractivity contribution in [3.8, 4) is 11.1 Å². The summed E-state index contributed by atoms with van der Waals surface area (Å²) in [6, 6.07) is 95.0. The molecule has 0 amide bonds. The lowest BCUT2D eigenvalue weighted by Gasteiger charge is -2.33. The third-order valence-electron chi connectivity index (χ3n) is 13.7. The van der Waals surface area contributed by atoms with Gasteiger partial charge >= 0.3 is 0 Å². The minimum atomic E-state index is -2.99. The number of thiophene rings is 1. The van der Waals surface area contributed by atoms with Crippen LogP contribution < -0.4 is 30.5 Å². The Bertz CT molecular complexity index is 3670. The highest BCUT2D eigenvalue weighted by molar-refractivity contribution is 7.26. The van der Waals surface area contributed by atoms with E-state index in [0.717, 1.165) is 28.4 Å². The smallest absolute Gasteiger partial charge is 0.181 e. The van der Waals surface area contributed by atoms with Crippen LogP contribution in [0.1, 0.15) is 0 Å². The van der Waals surface area contributed by atoms with E-state index in [2.05, 4.69) is 265 Å².